The molecule has 7 heteroatoms. The normalized spacial score (nSPS) is 17.0. The number of ketones is 1. The fourth-order valence-electron chi connectivity index (χ4n) is 2.55. The lowest BCUT2D eigenvalue weighted by Gasteiger charge is -2.13. The van der Waals surface area contributed by atoms with Crippen LogP contribution in [-0.2, 0) is 14.3 Å². The van der Waals surface area contributed by atoms with Crippen molar-refractivity contribution in [3.63, 3.8) is 0 Å². The van der Waals surface area contributed by atoms with Gasteiger partial charge in [-0.2, -0.15) is 0 Å². The molecule has 1 fully saturated rings. The van der Waals surface area contributed by atoms with Crippen LogP contribution < -0.4 is 14.8 Å². The molecule has 3 rings (SSSR count). The number of carbonyl (C=O) groups excluding carboxylic acids is 3. The Morgan fingerprint density at radius 2 is 1.88 bits per heavy atom. The molecule has 0 aromatic heterocycles. The van der Waals surface area contributed by atoms with Crippen molar-refractivity contribution in [3.8, 4) is 11.5 Å². The van der Waals surface area contributed by atoms with Crippen LogP contribution in [0, 0.1) is 0 Å². The number of benzene rings is 1. The number of esters is 1. The molecule has 1 aromatic rings. The molecule has 1 aliphatic carbocycles. The van der Waals surface area contributed by atoms with Gasteiger partial charge in [0.1, 0.15) is 0 Å². The van der Waals surface area contributed by atoms with Crippen molar-refractivity contribution in [2.24, 2.45) is 0 Å². The van der Waals surface area contributed by atoms with Crippen LogP contribution >= 0.6 is 0 Å². The van der Waals surface area contributed by atoms with Crippen LogP contribution in [0.3, 0.4) is 0 Å². The second-order valence-corrected chi connectivity index (χ2v) is 6.55. The molecular formula is C19H23NO6. The molecular weight excluding hydrogens is 338 g/mol. The number of rotatable bonds is 7. The largest absolute Gasteiger partial charge is 0.490 e. The average Bonchev–Trinajstić information content (AvgIpc) is 3.45. The lowest BCUT2D eigenvalue weighted by atomic mass is 10.1. The van der Waals surface area contributed by atoms with Gasteiger partial charge in [-0.05, 0) is 38.0 Å². The second kappa shape index (κ2) is 8.21. The summed E-state index contributed by atoms with van der Waals surface area (Å²) in [7, 11) is 0. The highest BCUT2D eigenvalue weighted by Crippen LogP contribution is 2.30. The standard InChI is InChI=1S/C19H23NO6/c1-12(19(23)20-14-4-5-14)26-18(22)8-6-15(21)13-3-7-16-17(11-13)25-10-2-9-24-16/h3,7,11-12,14H,2,4-6,8-10H2,1H3,(H,20,23)/t12-/m0/s1. The van der Waals surface area contributed by atoms with Gasteiger partial charge in [0.25, 0.3) is 5.91 Å². The van der Waals surface area contributed by atoms with Crippen molar-refractivity contribution in [3.05, 3.63) is 23.8 Å². The fraction of sp³-hybridized carbons (Fsp3) is 0.526. The van der Waals surface area contributed by atoms with Gasteiger partial charge in [0.15, 0.2) is 23.4 Å². The first-order valence-electron chi connectivity index (χ1n) is 8.95. The monoisotopic (exact) mass is 361 g/mol. The molecule has 1 aliphatic heterocycles. The minimum Gasteiger partial charge on any atom is -0.490 e. The van der Waals surface area contributed by atoms with E-state index in [9.17, 15) is 14.4 Å². The van der Waals surface area contributed by atoms with Crippen molar-refractivity contribution in [1.29, 1.82) is 0 Å². The first-order valence-corrected chi connectivity index (χ1v) is 8.95. The maximum absolute atomic E-state index is 12.3. The molecule has 1 heterocycles. The summed E-state index contributed by atoms with van der Waals surface area (Å²) < 4.78 is 16.2. The van der Waals surface area contributed by atoms with Gasteiger partial charge in [-0.3, -0.25) is 14.4 Å². The Kier molecular flexibility index (Phi) is 5.75. The SMILES string of the molecule is C[C@H](OC(=O)CCC(=O)c1ccc2c(c1)OCCCO2)C(=O)NC1CC1. The van der Waals surface area contributed by atoms with E-state index in [-0.39, 0.29) is 30.6 Å². The molecule has 0 saturated heterocycles. The highest BCUT2D eigenvalue weighted by molar-refractivity contribution is 5.98. The third kappa shape index (κ3) is 4.97. The highest BCUT2D eigenvalue weighted by atomic mass is 16.5. The zero-order chi connectivity index (χ0) is 18.5. The Hall–Kier alpha value is -2.57. The molecule has 26 heavy (non-hydrogen) atoms. The Bertz CT molecular complexity index is 697. The molecule has 2 aliphatic rings. The van der Waals surface area contributed by atoms with Crippen LogP contribution in [0.15, 0.2) is 18.2 Å². The lowest BCUT2D eigenvalue weighted by molar-refractivity contribution is -0.154. The van der Waals surface area contributed by atoms with E-state index in [0.717, 1.165) is 19.3 Å². The predicted octanol–water partition coefficient (Wildman–Crippen LogP) is 2.02. The summed E-state index contributed by atoms with van der Waals surface area (Å²) in [6, 6.07) is 5.22. The zero-order valence-electron chi connectivity index (χ0n) is 14.8. The first-order chi connectivity index (χ1) is 12.5. The molecule has 1 saturated carbocycles. The minimum atomic E-state index is -0.851. The van der Waals surface area contributed by atoms with Gasteiger partial charge in [0.2, 0.25) is 0 Å². The summed E-state index contributed by atoms with van der Waals surface area (Å²) >= 11 is 0. The number of hydrogen-bond acceptors (Lipinski definition) is 6. The maximum atomic E-state index is 12.3. The van der Waals surface area contributed by atoms with Crippen molar-refractivity contribution in [1.82, 2.24) is 5.32 Å². The van der Waals surface area contributed by atoms with E-state index in [1.165, 1.54) is 6.92 Å². The van der Waals surface area contributed by atoms with Gasteiger partial charge < -0.3 is 19.5 Å². The molecule has 1 amide bonds. The van der Waals surface area contributed by atoms with Crippen molar-refractivity contribution >= 4 is 17.7 Å². The Morgan fingerprint density at radius 1 is 1.15 bits per heavy atom. The van der Waals surface area contributed by atoms with E-state index in [4.69, 9.17) is 14.2 Å². The van der Waals surface area contributed by atoms with Crippen LogP contribution in [0.5, 0.6) is 11.5 Å². The van der Waals surface area contributed by atoms with Gasteiger partial charge >= 0.3 is 5.97 Å². The number of ether oxygens (including phenoxy) is 3. The number of hydrogen-bond donors (Lipinski definition) is 1. The van der Waals surface area contributed by atoms with Gasteiger partial charge in [0.05, 0.1) is 19.6 Å². The number of amides is 1. The van der Waals surface area contributed by atoms with E-state index in [1.54, 1.807) is 18.2 Å². The van der Waals surface area contributed by atoms with Gasteiger partial charge in [-0.25, -0.2) is 0 Å². The van der Waals surface area contributed by atoms with E-state index >= 15 is 0 Å². The third-order valence-electron chi connectivity index (χ3n) is 4.23. The van der Waals surface area contributed by atoms with Gasteiger partial charge in [-0.15, -0.1) is 0 Å². The zero-order valence-corrected chi connectivity index (χ0v) is 14.8. The van der Waals surface area contributed by atoms with Crippen LogP contribution in [0.2, 0.25) is 0 Å². The Morgan fingerprint density at radius 3 is 2.62 bits per heavy atom. The summed E-state index contributed by atoms with van der Waals surface area (Å²) in [6.45, 7) is 2.65. The summed E-state index contributed by atoms with van der Waals surface area (Å²) in [6.07, 6.45) is 1.81. The van der Waals surface area contributed by atoms with Gasteiger partial charge in [-0.1, -0.05) is 0 Å². The van der Waals surface area contributed by atoms with E-state index in [2.05, 4.69) is 5.32 Å². The van der Waals surface area contributed by atoms with Crippen LogP contribution in [0.25, 0.3) is 0 Å². The smallest absolute Gasteiger partial charge is 0.307 e. The fourth-order valence-corrected chi connectivity index (χ4v) is 2.55. The topological polar surface area (TPSA) is 90.9 Å². The second-order valence-electron chi connectivity index (χ2n) is 6.55. The lowest BCUT2D eigenvalue weighted by Crippen LogP contribution is -2.37. The third-order valence-corrected chi connectivity index (χ3v) is 4.23. The molecule has 0 bridgehead atoms. The number of carbonyl (C=O) groups is 3. The molecule has 0 unspecified atom stereocenters. The molecule has 1 atom stereocenters. The van der Waals surface area contributed by atoms with E-state index in [1.807, 2.05) is 0 Å². The summed E-state index contributed by atoms with van der Waals surface area (Å²) in [5.74, 6) is 0.115. The molecule has 0 radical (unpaired) electrons. The summed E-state index contributed by atoms with van der Waals surface area (Å²) in [4.78, 5) is 36.0. The number of fused-ring (bicyclic) bond motifs is 1. The molecule has 140 valence electrons. The van der Waals surface area contributed by atoms with Crippen molar-refractivity contribution in [2.45, 2.75) is 51.2 Å². The van der Waals surface area contributed by atoms with E-state index < -0.39 is 12.1 Å². The maximum Gasteiger partial charge on any atom is 0.307 e. The first kappa shape index (κ1) is 18.2. The number of nitrogens with one attached hydrogen (secondary N) is 1. The Balaban J connectivity index is 1.47. The van der Waals surface area contributed by atoms with Crippen LogP contribution in [-0.4, -0.2) is 43.0 Å². The number of Topliss-reactive ketones (excluding diaryl/α,β-unsaturated/α-hetero) is 1. The molecule has 7 nitrogen and oxygen atoms in total. The Labute approximate surface area is 152 Å². The van der Waals surface area contributed by atoms with E-state index in [0.29, 0.717) is 30.3 Å². The van der Waals surface area contributed by atoms with Crippen molar-refractivity contribution < 1.29 is 28.6 Å². The van der Waals surface area contributed by atoms with Crippen LogP contribution in [0.1, 0.15) is 49.4 Å². The van der Waals surface area contributed by atoms with Gasteiger partial charge in [0, 0.05) is 24.4 Å². The quantitative estimate of drug-likeness (QED) is 0.590. The van der Waals surface area contributed by atoms with Crippen molar-refractivity contribution in [2.75, 3.05) is 13.2 Å². The minimum absolute atomic E-state index is 0.00937. The van der Waals surface area contributed by atoms with Crippen LogP contribution in [0.4, 0.5) is 0 Å². The highest BCUT2D eigenvalue weighted by Gasteiger charge is 2.27. The molecule has 1 aromatic carbocycles. The average molecular weight is 361 g/mol. The molecule has 0 spiro atoms. The summed E-state index contributed by atoms with van der Waals surface area (Å²) in [5, 5.41) is 2.77. The molecule has 1 N–H and O–H groups in total. The summed E-state index contributed by atoms with van der Waals surface area (Å²) in [5.41, 5.74) is 0.460. The predicted molar refractivity (Wildman–Crippen MR) is 92.3 cm³/mol.